The molecule has 0 aliphatic heterocycles. The van der Waals surface area contributed by atoms with Crippen LogP contribution >= 0.6 is 0 Å². The largest absolute Gasteiger partial charge is 0.317 e. The summed E-state index contributed by atoms with van der Waals surface area (Å²) in [7, 11) is -3.06. The highest BCUT2D eigenvalue weighted by Crippen LogP contribution is 1.97. The lowest BCUT2D eigenvalue weighted by Gasteiger charge is -2.11. The second-order valence-electron chi connectivity index (χ2n) is 4.20. The highest BCUT2D eigenvalue weighted by molar-refractivity contribution is 7.89. The van der Waals surface area contributed by atoms with E-state index in [1.165, 1.54) is 0 Å². The minimum atomic E-state index is -3.06. The second-order valence-corrected chi connectivity index (χ2v) is 6.08. The first-order valence-electron chi connectivity index (χ1n) is 6.22. The Balaban J connectivity index is 3.59. The molecular weight excluding hydrogens is 224 g/mol. The fourth-order valence-corrected chi connectivity index (χ4v) is 2.77. The number of hydrogen-bond donors (Lipinski definition) is 2. The molecular formula is C11H26N2O2S. The molecule has 1 unspecified atom stereocenters. The molecule has 0 aliphatic rings. The van der Waals surface area contributed by atoms with Crippen LogP contribution in [0.4, 0.5) is 0 Å². The molecule has 0 aromatic rings. The number of nitrogens with one attached hydrogen (secondary N) is 2. The topological polar surface area (TPSA) is 58.2 Å². The van der Waals surface area contributed by atoms with Crippen molar-refractivity contribution in [1.29, 1.82) is 0 Å². The number of unbranched alkanes of at least 4 members (excludes halogenated alkanes) is 1. The van der Waals surface area contributed by atoms with Crippen molar-refractivity contribution in [2.75, 3.05) is 18.8 Å². The van der Waals surface area contributed by atoms with Crippen LogP contribution in [0.1, 0.15) is 46.5 Å². The quantitative estimate of drug-likeness (QED) is 0.577. The predicted octanol–water partition coefficient (Wildman–Crippen LogP) is 1.48. The minimum Gasteiger partial charge on any atom is -0.317 e. The van der Waals surface area contributed by atoms with Gasteiger partial charge < -0.3 is 5.32 Å². The first-order chi connectivity index (χ1) is 7.52. The van der Waals surface area contributed by atoms with Crippen molar-refractivity contribution in [2.45, 2.75) is 52.5 Å². The lowest BCUT2D eigenvalue weighted by molar-refractivity contribution is 0.550. The molecule has 0 aliphatic carbocycles. The standard InChI is InChI=1S/C11H26N2O2S/c1-4-8-12-9-6-7-10-16(14,15)13-11(3)5-2/h11-13H,4-10H2,1-3H3. The van der Waals surface area contributed by atoms with Gasteiger partial charge in [-0.1, -0.05) is 13.8 Å². The van der Waals surface area contributed by atoms with E-state index in [9.17, 15) is 8.42 Å². The number of sulfonamides is 1. The summed E-state index contributed by atoms with van der Waals surface area (Å²) in [6.07, 6.45) is 3.59. The third kappa shape index (κ3) is 9.12. The van der Waals surface area contributed by atoms with Crippen molar-refractivity contribution in [3.8, 4) is 0 Å². The Labute approximate surface area is 100 Å². The van der Waals surface area contributed by atoms with Gasteiger partial charge in [-0.25, -0.2) is 13.1 Å². The zero-order valence-corrected chi connectivity index (χ0v) is 11.6. The molecule has 0 heterocycles. The number of rotatable bonds is 10. The smallest absolute Gasteiger partial charge is 0.211 e. The van der Waals surface area contributed by atoms with Gasteiger partial charge in [-0.05, 0) is 45.7 Å². The summed E-state index contributed by atoms with van der Waals surface area (Å²) in [6, 6.07) is 0.0446. The summed E-state index contributed by atoms with van der Waals surface area (Å²) in [4.78, 5) is 0. The summed E-state index contributed by atoms with van der Waals surface area (Å²) < 4.78 is 25.8. The van der Waals surface area contributed by atoms with E-state index in [-0.39, 0.29) is 11.8 Å². The van der Waals surface area contributed by atoms with Crippen LogP contribution < -0.4 is 10.0 Å². The van der Waals surface area contributed by atoms with Crippen LogP contribution in [-0.4, -0.2) is 33.3 Å². The summed E-state index contributed by atoms with van der Waals surface area (Å²) >= 11 is 0. The van der Waals surface area contributed by atoms with E-state index in [0.29, 0.717) is 0 Å². The molecule has 0 saturated carbocycles. The fraction of sp³-hybridized carbons (Fsp3) is 1.00. The third-order valence-electron chi connectivity index (χ3n) is 2.44. The normalized spacial score (nSPS) is 13.9. The van der Waals surface area contributed by atoms with Crippen LogP contribution in [0.2, 0.25) is 0 Å². The summed E-state index contributed by atoms with van der Waals surface area (Å²) in [6.45, 7) is 7.90. The van der Waals surface area contributed by atoms with E-state index in [1.807, 2.05) is 13.8 Å². The second kappa shape index (κ2) is 8.96. The highest BCUT2D eigenvalue weighted by atomic mass is 32.2. The van der Waals surface area contributed by atoms with Gasteiger partial charge in [0.1, 0.15) is 0 Å². The van der Waals surface area contributed by atoms with Gasteiger partial charge in [-0.3, -0.25) is 0 Å². The van der Waals surface area contributed by atoms with Gasteiger partial charge in [0.15, 0.2) is 0 Å². The van der Waals surface area contributed by atoms with Crippen LogP contribution in [-0.2, 0) is 10.0 Å². The molecule has 0 spiro atoms. The minimum absolute atomic E-state index is 0.0446. The van der Waals surface area contributed by atoms with Gasteiger partial charge in [0.05, 0.1) is 5.75 Å². The van der Waals surface area contributed by atoms with Gasteiger partial charge in [-0.15, -0.1) is 0 Å². The van der Waals surface area contributed by atoms with Crippen molar-refractivity contribution in [3.05, 3.63) is 0 Å². The Hall–Kier alpha value is -0.130. The first kappa shape index (κ1) is 15.9. The van der Waals surface area contributed by atoms with E-state index < -0.39 is 10.0 Å². The molecule has 16 heavy (non-hydrogen) atoms. The summed E-state index contributed by atoms with van der Waals surface area (Å²) in [5.41, 5.74) is 0. The molecule has 98 valence electrons. The van der Waals surface area contributed by atoms with E-state index >= 15 is 0 Å². The van der Waals surface area contributed by atoms with Crippen molar-refractivity contribution < 1.29 is 8.42 Å². The van der Waals surface area contributed by atoms with Crippen LogP contribution in [0.25, 0.3) is 0 Å². The maximum absolute atomic E-state index is 11.6. The van der Waals surface area contributed by atoms with Crippen molar-refractivity contribution in [2.24, 2.45) is 0 Å². The van der Waals surface area contributed by atoms with Gasteiger partial charge in [0, 0.05) is 6.04 Å². The Bertz CT molecular complexity index is 253. The summed E-state index contributed by atoms with van der Waals surface area (Å²) in [5, 5.41) is 3.26. The van der Waals surface area contributed by atoms with Gasteiger partial charge in [0.25, 0.3) is 0 Å². The number of hydrogen-bond acceptors (Lipinski definition) is 3. The molecule has 0 rings (SSSR count). The fourth-order valence-electron chi connectivity index (χ4n) is 1.29. The zero-order valence-electron chi connectivity index (χ0n) is 10.8. The first-order valence-corrected chi connectivity index (χ1v) is 7.87. The average molecular weight is 250 g/mol. The Kier molecular flexibility index (Phi) is 8.89. The molecule has 0 aromatic heterocycles. The van der Waals surface area contributed by atoms with Crippen LogP contribution in [0.5, 0.6) is 0 Å². The van der Waals surface area contributed by atoms with Gasteiger partial charge in [-0.2, -0.15) is 0 Å². The molecule has 5 heteroatoms. The molecule has 0 fully saturated rings. The van der Waals surface area contributed by atoms with E-state index in [4.69, 9.17) is 0 Å². The van der Waals surface area contributed by atoms with E-state index in [1.54, 1.807) is 0 Å². The van der Waals surface area contributed by atoms with Gasteiger partial charge >= 0.3 is 0 Å². The molecule has 0 aromatic carbocycles. The molecule has 0 saturated heterocycles. The SMILES string of the molecule is CCCNCCCCS(=O)(=O)NC(C)CC. The molecule has 1 atom stereocenters. The van der Waals surface area contributed by atoms with Crippen molar-refractivity contribution >= 4 is 10.0 Å². The maximum Gasteiger partial charge on any atom is 0.211 e. The average Bonchev–Trinajstić information content (AvgIpc) is 2.22. The van der Waals surface area contributed by atoms with Crippen molar-refractivity contribution in [3.63, 3.8) is 0 Å². The monoisotopic (exact) mass is 250 g/mol. The summed E-state index contributed by atoms with van der Waals surface area (Å²) in [5.74, 6) is 0.241. The van der Waals surface area contributed by atoms with Crippen LogP contribution in [0.3, 0.4) is 0 Å². The van der Waals surface area contributed by atoms with Crippen LogP contribution in [0, 0.1) is 0 Å². The molecule has 0 bridgehead atoms. The lowest BCUT2D eigenvalue weighted by atomic mass is 10.3. The molecule has 2 N–H and O–H groups in total. The lowest BCUT2D eigenvalue weighted by Crippen LogP contribution is -2.34. The third-order valence-corrected chi connectivity index (χ3v) is 4.02. The Morgan fingerprint density at radius 1 is 1.12 bits per heavy atom. The Morgan fingerprint density at radius 2 is 1.81 bits per heavy atom. The molecule has 0 radical (unpaired) electrons. The van der Waals surface area contributed by atoms with Crippen LogP contribution in [0.15, 0.2) is 0 Å². The molecule has 0 amide bonds. The predicted molar refractivity (Wildman–Crippen MR) is 69.1 cm³/mol. The van der Waals surface area contributed by atoms with E-state index in [2.05, 4.69) is 17.0 Å². The highest BCUT2D eigenvalue weighted by Gasteiger charge is 2.12. The Morgan fingerprint density at radius 3 is 2.38 bits per heavy atom. The van der Waals surface area contributed by atoms with E-state index in [0.717, 1.165) is 38.8 Å². The van der Waals surface area contributed by atoms with Crippen molar-refractivity contribution in [1.82, 2.24) is 10.0 Å². The van der Waals surface area contributed by atoms with Gasteiger partial charge in [0.2, 0.25) is 10.0 Å². The zero-order chi connectivity index (χ0) is 12.4. The molecule has 4 nitrogen and oxygen atoms in total. The maximum atomic E-state index is 11.6.